The maximum absolute atomic E-state index is 13.4. The Morgan fingerprint density at radius 1 is 1.00 bits per heavy atom. The lowest BCUT2D eigenvalue weighted by Crippen LogP contribution is -2.54. The van der Waals surface area contributed by atoms with Gasteiger partial charge in [-0.15, -0.1) is 0 Å². The molecule has 0 aliphatic carbocycles. The molecule has 2 saturated heterocycles. The number of rotatable bonds is 8. The molecule has 2 aliphatic heterocycles. The van der Waals surface area contributed by atoms with E-state index in [-0.39, 0.29) is 24.6 Å². The summed E-state index contributed by atoms with van der Waals surface area (Å²) in [6.45, 7) is 1.65. The molecule has 3 atom stereocenters. The Morgan fingerprint density at radius 3 is 2.41 bits per heavy atom. The fourth-order valence-corrected chi connectivity index (χ4v) is 4.76. The fraction of sp³-hybridized carbons (Fsp3) is 0.462. The predicted molar refractivity (Wildman–Crippen MR) is 128 cm³/mol. The van der Waals surface area contributed by atoms with Gasteiger partial charge in [-0.05, 0) is 55.5 Å². The van der Waals surface area contributed by atoms with Crippen LogP contribution in [0, 0.1) is 0 Å². The van der Waals surface area contributed by atoms with E-state index >= 15 is 0 Å². The maximum Gasteiger partial charge on any atom is 0.318 e. The summed E-state index contributed by atoms with van der Waals surface area (Å²) in [6, 6.07) is 15.8. The van der Waals surface area contributed by atoms with Crippen LogP contribution in [0.15, 0.2) is 54.6 Å². The SMILES string of the molecule is COc1ccc(OCC(O)[C@@H]2CCCN2C(=O)[C@@H]2CCCN2C(=O)NCc2ccccc2)cc1. The minimum atomic E-state index is -0.810. The zero-order chi connectivity index (χ0) is 23.9. The van der Waals surface area contributed by atoms with E-state index in [2.05, 4.69) is 5.32 Å². The van der Waals surface area contributed by atoms with Crippen LogP contribution in [0.1, 0.15) is 31.2 Å². The Labute approximate surface area is 200 Å². The molecule has 2 aromatic rings. The van der Waals surface area contributed by atoms with E-state index in [1.807, 2.05) is 30.3 Å². The molecule has 2 fully saturated rings. The summed E-state index contributed by atoms with van der Waals surface area (Å²) in [5.74, 6) is 1.28. The normalized spacial score (nSPS) is 20.8. The average molecular weight is 468 g/mol. The first-order valence-corrected chi connectivity index (χ1v) is 11.9. The van der Waals surface area contributed by atoms with Crippen LogP contribution in [0.5, 0.6) is 11.5 Å². The maximum atomic E-state index is 13.4. The molecule has 2 N–H and O–H groups in total. The monoisotopic (exact) mass is 467 g/mol. The highest BCUT2D eigenvalue weighted by atomic mass is 16.5. The lowest BCUT2D eigenvalue weighted by Gasteiger charge is -2.33. The van der Waals surface area contributed by atoms with E-state index in [4.69, 9.17) is 9.47 Å². The highest BCUT2D eigenvalue weighted by Crippen LogP contribution is 2.27. The van der Waals surface area contributed by atoms with E-state index in [0.29, 0.717) is 38.2 Å². The van der Waals surface area contributed by atoms with Crippen molar-refractivity contribution >= 4 is 11.9 Å². The number of amides is 3. The van der Waals surface area contributed by atoms with Gasteiger partial charge in [0.2, 0.25) is 5.91 Å². The van der Waals surface area contributed by atoms with Crippen LogP contribution >= 0.6 is 0 Å². The zero-order valence-electron chi connectivity index (χ0n) is 19.6. The first-order valence-electron chi connectivity index (χ1n) is 11.9. The molecule has 0 bridgehead atoms. The van der Waals surface area contributed by atoms with Gasteiger partial charge >= 0.3 is 6.03 Å². The number of ether oxygens (including phenoxy) is 2. The third-order valence-electron chi connectivity index (χ3n) is 6.59. The smallest absolute Gasteiger partial charge is 0.318 e. The van der Waals surface area contributed by atoms with Crippen molar-refractivity contribution in [1.82, 2.24) is 15.1 Å². The molecule has 34 heavy (non-hydrogen) atoms. The number of likely N-dealkylation sites (tertiary alicyclic amines) is 2. The number of aliphatic hydroxyl groups is 1. The molecule has 1 unspecified atom stereocenters. The van der Waals surface area contributed by atoms with E-state index in [1.54, 1.807) is 41.2 Å². The molecule has 0 spiro atoms. The summed E-state index contributed by atoms with van der Waals surface area (Å²) in [7, 11) is 1.60. The number of urea groups is 1. The van der Waals surface area contributed by atoms with Crippen molar-refractivity contribution < 1.29 is 24.2 Å². The van der Waals surface area contributed by atoms with Crippen LogP contribution in [0.4, 0.5) is 4.79 Å². The Hall–Kier alpha value is -3.26. The van der Waals surface area contributed by atoms with Crippen molar-refractivity contribution in [3.8, 4) is 11.5 Å². The third kappa shape index (κ3) is 5.62. The number of carbonyl (C=O) groups excluding carboxylic acids is 2. The molecule has 2 heterocycles. The molecule has 8 nitrogen and oxygen atoms in total. The Kier molecular flexibility index (Phi) is 7.90. The van der Waals surface area contributed by atoms with Crippen molar-refractivity contribution in [3.05, 3.63) is 60.2 Å². The number of nitrogens with zero attached hydrogens (tertiary/aromatic N) is 2. The van der Waals surface area contributed by atoms with Crippen molar-refractivity contribution in [2.24, 2.45) is 0 Å². The lowest BCUT2D eigenvalue weighted by atomic mass is 10.1. The van der Waals surface area contributed by atoms with Crippen LogP contribution in [0.3, 0.4) is 0 Å². The zero-order valence-corrected chi connectivity index (χ0v) is 19.6. The number of nitrogens with one attached hydrogen (secondary N) is 1. The Morgan fingerprint density at radius 2 is 1.68 bits per heavy atom. The van der Waals surface area contributed by atoms with Gasteiger partial charge in [0.1, 0.15) is 30.3 Å². The first-order chi connectivity index (χ1) is 16.6. The van der Waals surface area contributed by atoms with Crippen LogP contribution in [-0.2, 0) is 11.3 Å². The van der Waals surface area contributed by atoms with Crippen LogP contribution in [0.25, 0.3) is 0 Å². The lowest BCUT2D eigenvalue weighted by molar-refractivity contribution is -0.138. The molecule has 182 valence electrons. The second kappa shape index (κ2) is 11.2. The van der Waals surface area contributed by atoms with Crippen molar-refractivity contribution in [3.63, 3.8) is 0 Å². The van der Waals surface area contributed by atoms with Crippen LogP contribution in [-0.4, -0.2) is 71.8 Å². The van der Waals surface area contributed by atoms with Crippen molar-refractivity contribution in [2.45, 2.75) is 50.4 Å². The molecule has 2 aliphatic rings. The van der Waals surface area contributed by atoms with Gasteiger partial charge in [0.25, 0.3) is 0 Å². The largest absolute Gasteiger partial charge is 0.497 e. The number of hydrogen-bond donors (Lipinski definition) is 2. The summed E-state index contributed by atoms with van der Waals surface area (Å²) >= 11 is 0. The third-order valence-corrected chi connectivity index (χ3v) is 6.59. The average Bonchev–Trinajstić information content (AvgIpc) is 3.57. The van der Waals surface area contributed by atoms with Gasteiger partial charge in [0, 0.05) is 19.6 Å². The molecule has 4 rings (SSSR count). The Bertz CT molecular complexity index is 953. The summed E-state index contributed by atoms with van der Waals surface area (Å²) in [6.07, 6.45) is 2.15. The molecule has 0 radical (unpaired) electrons. The quantitative estimate of drug-likeness (QED) is 0.623. The molecule has 2 aromatic carbocycles. The first kappa shape index (κ1) is 23.9. The van der Waals surface area contributed by atoms with Gasteiger partial charge in [0.05, 0.1) is 13.2 Å². The summed E-state index contributed by atoms with van der Waals surface area (Å²) in [4.78, 5) is 29.7. The van der Waals surface area contributed by atoms with Gasteiger partial charge in [0.15, 0.2) is 0 Å². The summed E-state index contributed by atoms with van der Waals surface area (Å²) in [5.41, 5.74) is 1.01. The minimum absolute atomic E-state index is 0.0849. The summed E-state index contributed by atoms with van der Waals surface area (Å²) < 4.78 is 10.9. The molecular formula is C26H33N3O5. The molecular weight excluding hydrogens is 434 g/mol. The number of methoxy groups -OCH3 is 1. The topological polar surface area (TPSA) is 91.3 Å². The van der Waals surface area contributed by atoms with E-state index in [9.17, 15) is 14.7 Å². The highest BCUT2D eigenvalue weighted by molar-refractivity contribution is 5.88. The number of carbonyl (C=O) groups is 2. The minimum Gasteiger partial charge on any atom is -0.497 e. The van der Waals surface area contributed by atoms with Crippen molar-refractivity contribution in [2.75, 3.05) is 26.8 Å². The van der Waals surface area contributed by atoms with Crippen LogP contribution in [0.2, 0.25) is 0 Å². The molecule has 8 heteroatoms. The standard InChI is InChI=1S/C26H33N3O5/c1-33-20-11-13-21(14-12-20)34-18-24(30)22-9-5-15-28(22)25(31)23-10-6-16-29(23)26(32)27-17-19-7-3-2-4-8-19/h2-4,7-8,11-14,22-24,30H,5-6,9-10,15-18H2,1H3,(H,27,32)/t22-,23-,24?/m0/s1. The second-order valence-corrected chi connectivity index (χ2v) is 8.79. The number of aliphatic hydroxyl groups excluding tert-OH is 1. The van der Waals surface area contributed by atoms with Gasteiger partial charge in [-0.3, -0.25) is 4.79 Å². The molecule has 0 aromatic heterocycles. The fourth-order valence-electron chi connectivity index (χ4n) is 4.76. The van der Waals surface area contributed by atoms with Crippen molar-refractivity contribution in [1.29, 1.82) is 0 Å². The number of hydrogen-bond acceptors (Lipinski definition) is 5. The van der Waals surface area contributed by atoms with E-state index in [0.717, 1.165) is 24.2 Å². The van der Waals surface area contributed by atoms with Crippen LogP contribution < -0.4 is 14.8 Å². The second-order valence-electron chi connectivity index (χ2n) is 8.79. The summed E-state index contributed by atoms with van der Waals surface area (Å²) in [5, 5.41) is 13.8. The molecule has 3 amide bonds. The Balaban J connectivity index is 1.33. The molecule has 0 saturated carbocycles. The van der Waals surface area contributed by atoms with Gasteiger partial charge in [-0.2, -0.15) is 0 Å². The predicted octanol–water partition coefficient (Wildman–Crippen LogP) is 2.80. The van der Waals surface area contributed by atoms with Gasteiger partial charge in [-0.1, -0.05) is 30.3 Å². The highest BCUT2D eigenvalue weighted by Gasteiger charge is 2.42. The van der Waals surface area contributed by atoms with E-state index < -0.39 is 12.1 Å². The van der Waals surface area contributed by atoms with E-state index in [1.165, 1.54) is 0 Å². The van der Waals surface area contributed by atoms with Gasteiger partial charge in [-0.25, -0.2) is 4.79 Å². The van der Waals surface area contributed by atoms with Gasteiger partial charge < -0.3 is 29.7 Å². The number of benzene rings is 2.